The molecule has 16 heteroatoms. The van der Waals surface area contributed by atoms with Gasteiger partial charge in [-0.3, -0.25) is 13.9 Å². The molecule has 38 heavy (non-hydrogen) atoms. The maximum atomic E-state index is 15.9. The van der Waals surface area contributed by atoms with E-state index in [1.807, 2.05) is 0 Å². The van der Waals surface area contributed by atoms with Crippen molar-refractivity contribution in [1.29, 1.82) is 0 Å². The van der Waals surface area contributed by atoms with Crippen LogP contribution in [0.1, 0.15) is 20.1 Å². The summed E-state index contributed by atoms with van der Waals surface area (Å²) < 4.78 is 47.4. The lowest BCUT2D eigenvalue weighted by Crippen LogP contribution is -2.41. The van der Waals surface area contributed by atoms with Gasteiger partial charge in [-0.15, -0.1) is 0 Å². The van der Waals surface area contributed by atoms with Crippen LogP contribution in [0, 0.1) is 0 Å². The van der Waals surface area contributed by atoms with Crippen molar-refractivity contribution in [3.05, 3.63) is 36.7 Å². The zero-order valence-electron chi connectivity index (χ0n) is 21.1. The Labute approximate surface area is 217 Å². The van der Waals surface area contributed by atoms with E-state index in [9.17, 15) is 19.6 Å². The monoisotopic (exact) mass is 553 g/mol. The molecule has 206 valence electrons. The standard InChI is InChI=1S/C22H29FN7O7P/c1-12(19(32)33)28-38(34,37-13-8-6-5-7-9-13)35-10-14-16(31)22(2,23)20(36-14)30-11-25-15-17(29(3)4)26-21(24)27-18(15)30/h5-9,11-12,14,16,20,31H,10H2,1-4H3,(H,28,34)(H,32,33)(H2,24,26,27)/t12-,14+,16+,20+,22+,38-/m0/s1. The molecule has 3 aromatic rings. The third-order valence-corrected chi connectivity index (χ3v) is 7.56. The van der Waals surface area contributed by atoms with Crippen LogP contribution >= 0.6 is 7.75 Å². The lowest BCUT2D eigenvalue weighted by molar-refractivity contribution is -0.138. The predicted octanol–water partition coefficient (Wildman–Crippen LogP) is 1.73. The van der Waals surface area contributed by atoms with E-state index >= 15 is 4.39 Å². The fourth-order valence-electron chi connectivity index (χ4n) is 3.93. The molecule has 1 aliphatic heterocycles. The second-order valence-electron chi connectivity index (χ2n) is 9.13. The molecule has 0 amide bonds. The lowest BCUT2D eigenvalue weighted by Gasteiger charge is -2.25. The summed E-state index contributed by atoms with van der Waals surface area (Å²) in [6.07, 6.45) is -3.18. The highest BCUT2D eigenvalue weighted by atomic mass is 31.2. The number of carboxylic acids is 1. The number of fused-ring (bicyclic) bond motifs is 1. The van der Waals surface area contributed by atoms with Crippen LogP contribution in [-0.2, 0) is 18.6 Å². The van der Waals surface area contributed by atoms with Gasteiger partial charge in [-0.25, -0.2) is 13.9 Å². The van der Waals surface area contributed by atoms with E-state index < -0.39 is 50.5 Å². The molecular formula is C22H29FN7O7P. The number of anilines is 2. The van der Waals surface area contributed by atoms with Crippen molar-refractivity contribution in [2.45, 2.75) is 44.0 Å². The summed E-state index contributed by atoms with van der Waals surface area (Å²) in [5.41, 5.74) is 3.99. The fraction of sp³-hybridized carbons (Fsp3) is 0.455. The number of aromatic nitrogens is 4. The Morgan fingerprint density at radius 1 is 1.37 bits per heavy atom. The Hall–Kier alpha value is -3.36. The summed E-state index contributed by atoms with van der Waals surface area (Å²) in [7, 11) is -0.854. The normalized spacial score (nSPS) is 25.7. The van der Waals surface area contributed by atoms with E-state index in [0.717, 1.165) is 6.92 Å². The van der Waals surface area contributed by atoms with Gasteiger partial charge in [0.05, 0.1) is 12.9 Å². The number of hydrogen-bond acceptors (Lipinski definition) is 11. The average Bonchev–Trinajstić information content (AvgIpc) is 3.35. The largest absolute Gasteiger partial charge is 0.480 e. The molecule has 1 saturated heterocycles. The quantitative estimate of drug-likeness (QED) is 0.266. The van der Waals surface area contributed by atoms with E-state index in [1.54, 1.807) is 37.2 Å². The molecule has 5 N–H and O–H groups in total. The number of hydrogen-bond donors (Lipinski definition) is 4. The van der Waals surface area contributed by atoms with Gasteiger partial charge in [0.25, 0.3) is 0 Å². The summed E-state index contributed by atoms with van der Waals surface area (Å²) in [5, 5.41) is 22.4. The topological polar surface area (TPSA) is 187 Å². The van der Waals surface area contributed by atoms with Crippen molar-refractivity contribution in [2.75, 3.05) is 31.3 Å². The van der Waals surface area contributed by atoms with Crippen LogP contribution in [0.3, 0.4) is 0 Å². The first-order valence-electron chi connectivity index (χ1n) is 11.5. The van der Waals surface area contributed by atoms with Gasteiger partial charge in [-0.1, -0.05) is 18.2 Å². The zero-order valence-corrected chi connectivity index (χ0v) is 21.9. The zero-order chi connectivity index (χ0) is 27.8. The van der Waals surface area contributed by atoms with E-state index in [-0.39, 0.29) is 17.3 Å². The number of rotatable bonds is 10. The summed E-state index contributed by atoms with van der Waals surface area (Å²) >= 11 is 0. The Bertz CT molecular complexity index is 1360. The SMILES string of the molecule is C[C@H](N[P@](=O)(OC[C@H]1O[C@@H](n2cnc3c(N(C)C)nc(N)nc32)[C@](C)(F)[C@@H]1O)Oc1ccccc1)C(=O)O. The average molecular weight is 553 g/mol. The number of aliphatic hydroxyl groups excluding tert-OH is 1. The summed E-state index contributed by atoms with van der Waals surface area (Å²) in [4.78, 5) is 25.6. The molecule has 2 aromatic heterocycles. The van der Waals surface area contributed by atoms with Gasteiger partial charge in [-0.2, -0.15) is 15.1 Å². The third-order valence-electron chi connectivity index (χ3n) is 5.91. The highest BCUT2D eigenvalue weighted by molar-refractivity contribution is 7.52. The fourth-order valence-corrected chi connectivity index (χ4v) is 5.43. The molecule has 6 atom stereocenters. The van der Waals surface area contributed by atoms with Gasteiger partial charge >= 0.3 is 13.7 Å². The van der Waals surface area contributed by atoms with Crippen molar-refractivity contribution in [3.63, 3.8) is 0 Å². The van der Waals surface area contributed by atoms with Gasteiger partial charge in [0, 0.05) is 14.1 Å². The van der Waals surface area contributed by atoms with Crippen LogP contribution in [0.25, 0.3) is 11.2 Å². The maximum absolute atomic E-state index is 15.9. The highest BCUT2D eigenvalue weighted by Gasteiger charge is 2.56. The number of aliphatic carboxylic acids is 1. The molecule has 0 aliphatic carbocycles. The van der Waals surface area contributed by atoms with Crippen LogP contribution in [-0.4, -0.2) is 80.3 Å². The summed E-state index contributed by atoms with van der Waals surface area (Å²) in [6.45, 7) is 1.78. The summed E-state index contributed by atoms with van der Waals surface area (Å²) in [6, 6.07) is 6.63. The van der Waals surface area contributed by atoms with Crippen molar-refractivity contribution < 1.29 is 37.7 Å². The minimum Gasteiger partial charge on any atom is -0.480 e. The van der Waals surface area contributed by atoms with Gasteiger partial charge in [0.1, 0.15) is 24.0 Å². The lowest BCUT2D eigenvalue weighted by atomic mass is 9.98. The molecule has 1 aromatic carbocycles. The van der Waals surface area contributed by atoms with Crippen LogP contribution in [0.15, 0.2) is 36.7 Å². The number of alkyl halides is 1. The number of para-hydroxylation sites is 1. The predicted molar refractivity (Wildman–Crippen MR) is 134 cm³/mol. The first-order chi connectivity index (χ1) is 17.8. The van der Waals surface area contributed by atoms with Crippen molar-refractivity contribution in [3.8, 4) is 5.75 Å². The number of imidazole rings is 1. The molecule has 1 fully saturated rings. The van der Waals surface area contributed by atoms with Crippen molar-refractivity contribution >= 4 is 36.6 Å². The van der Waals surface area contributed by atoms with Gasteiger partial charge in [-0.05, 0) is 26.0 Å². The minimum atomic E-state index is -4.32. The van der Waals surface area contributed by atoms with Gasteiger partial charge in [0.2, 0.25) is 5.95 Å². The van der Waals surface area contributed by atoms with E-state index in [2.05, 4.69) is 20.0 Å². The third kappa shape index (κ3) is 5.42. The molecule has 0 spiro atoms. The molecule has 0 unspecified atom stereocenters. The number of carbonyl (C=O) groups is 1. The van der Waals surface area contributed by atoms with E-state index in [4.69, 9.17) is 19.5 Å². The Balaban J connectivity index is 1.59. The number of benzene rings is 1. The number of nitrogens with one attached hydrogen (secondary N) is 1. The van der Waals surface area contributed by atoms with E-state index in [1.165, 1.54) is 30.0 Å². The summed E-state index contributed by atoms with van der Waals surface area (Å²) in [5.74, 6) is -0.826. The molecular weight excluding hydrogens is 524 g/mol. The Morgan fingerprint density at radius 2 is 2.05 bits per heavy atom. The number of aliphatic hydroxyl groups is 1. The first kappa shape index (κ1) is 27.7. The molecule has 3 heterocycles. The van der Waals surface area contributed by atoms with Crippen LogP contribution < -0.4 is 20.2 Å². The number of nitrogen functional groups attached to an aromatic ring is 1. The Morgan fingerprint density at radius 3 is 2.68 bits per heavy atom. The molecule has 0 bridgehead atoms. The van der Waals surface area contributed by atoms with Crippen LogP contribution in [0.2, 0.25) is 0 Å². The second kappa shape index (κ2) is 10.4. The second-order valence-corrected chi connectivity index (χ2v) is 10.8. The van der Waals surface area contributed by atoms with E-state index in [0.29, 0.717) is 11.3 Å². The van der Waals surface area contributed by atoms with Crippen molar-refractivity contribution in [1.82, 2.24) is 24.6 Å². The molecule has 14 nitrogen and oxygen atoms in total. The number of ether oxygens (including phenoxy) is 1. The Kier molecular flexibility index (Phi) is 7.59. The number of nitrogens with zero attached hydrogens (tertiary/aromatic N) is 5. The molecule has 0 radical (unpaired) electrons. The smallest absolute Gasteiger partial charge is 0.459 e. The van der Waals surface area contributed by atoms with Crippen molar-refractivity contribution in [2.24, 2.45) is 0 Å². The van der Waals surface area contributed by atoms with Crippen LogP contribution in [0.4, 0.5) is 16.2 Å². The van der Waals surface area contributed by atoms with Crippen LogP contribution in [0.5, 0.6) is 5.75 Å². The number of carboxylic acid groups (broad SMARTS) is 1. The number of nitrogens with two attached hydrogens (primary N) is 1. The number of halogens is 1. The highest BCUT2D eigenvalue weighted by Crippen LogP contribution is 2.48. The maximum Gasteiger partial charge on any atom is 0.459 e. The van der Waals surface area contributed by atoms with Gasteiger partial charge in [0.15, 0.2) is 28.9 Å². The molecule has 0 saturated carbocycles. The first-order valence-corrected chi connectivity index (χ1v) is 13.1. The van der Waals surface area contributed by atoms with Gasteiger partial charge < -0.3 is 30.1 Å². The molecule has 4 rings (SSSR count). The molecule has 1 aliphatic rings. The minimum absolute atomic E-state index is 0.0698.